The van der Waals surface area contributed by atoms with Crippen LogP contribution in [0.4, 0.5) is 0 Å². The molecule has 16 heavy (non-hydrogen) atoms. The zero-order valence-corrected chi connectivity index (χ0v) is 10.4. The van der Waals surface area contributed by atoms with E-state index >= 15 is 0 Å². The number of carboxylic acids is 1. The molecular formula is C13H19NO2. The van der Waals surface area contributed by atoms with E-state index in [-0.39, 0.29) is 0 Å². The van der Waals surface area contributed by atoms with Crippen LogP contribution in [0.2, 0.25) is 0 Å². The minimum atomic E-state index is -0.880. The average molecular weight is 221 g/mol. The Morgan fingerprint density at radius 1 is 1.50 bits per heavy atom. The van der Waals surface area contributed by atoms with Crippen LogP contribution in [0.25, 0.3) is 0 Å². The van der Waals surface area contributed by atoms with E-state index in [9.17, 15) is 4.79 Å². The van der Waals surface area contributed by atoms with Crippen LogP contribution in [0, 0.1) is 6.92 Å². The molecule has 0 unspecified atom stereocenters. The van der Waals surface area contributed by atoms with Gasteiger partial charge in [0.1, 0.15) is 0 Å². The molecule has 1 aromatic heterocycles. The van der Waals surface area contributed by atoms with Crippen LogP contribution in [-0.4, -0.2) is 16.1 Å². The van der Waals surface area contributed by atoms with Gasteiger partial charge >= 0.3 is 5.97 Å². The van der Waals surface area contributed by atoms with E-state index in [1.807, 2.05) is 13.8 Å². The SMILES string of the molecule is CCCc1nc(C(C)C)c(C)cc1C(=O)O. The molecule has 0 spiro atoms. The summed E-state index contributed by atoms with van der Waals surface area (Å²) in [6, 6.07) is 1.75. The van der Waals surface area contributed by atoms with Crippen LogP contribution >= 0.6 is 0 Å². The molecule has 0 aliphatic carbocycles. The number of nitrogens with zero attached hydrogens (tertiary/aromatic N) is 1. The second-order valence-corrected chi connectivity index (χ2v) is 4.39. The van der Waals surface area contributed by atoms with E-state index in [1.165, 1.54) is 0 Å². The third kappa shape index (κ3) is 2.60. The third-order valence-corrected chi connectivity index (χ3v) is 2.60. The highest BCUT2D eigenvalue weighted by molar-refractivity contribution is 5.89. The van der Waals surface area contributed by atoms with Crippen molar-refractivity contribution in [3.8, 4) is 0 Å². The van der Waals surface area contributed by atoms with Gasteiger partial charge in [-0.15, -0.1) is 0 Å². The van der Waals surface area contributed by atoms with Gasteiger partial charge in [0.05, 0.1) is 11.3 Å². The molecule has 0 aromatic carbocycles. The van der Waals surface area contributed by atoms with Gasteiger partial charge in [-0.25, -0.2) is 4.79 Å². The number of hydrogen-bond acceptors (Lipinski definition) is 2. The summed E-state index contributed by atoms with van der Waals surface area (Å²) < 4.78 is 0. The van der Waals surface area contributed by atoms with Crippen LogP contribution in [0.15, 0.2) is 6.07 Å². The van der Waals surface area contributed by atoms with Crippen LogP contribution < -0.4 is 0 Å². The Kier molecular flexibility index (Phi) is 4.05. The Labute approximate surface area is 96.5 Å². The van der Waals surface area contributed by atoms with Gasteiger partial charge in [-0.3, -0.25) is 4.98 Å². The molecule has 0 atom stereocenters. The topological polar surface area (TPSA) is 50.2 Å². The molecule has 0 fully saturated rings. The lowest BCUT2D eigenvalue weighted by Crippen LogP contribution is -2.09. The van der Waals surface area contributed by atoms with Crippen LogP contribution in [0.1, 0.15) is 60.4 Å². The molecule has 0 saturated heterocycles. The van der Waals surface area contributed by atoms with Crippen molar-refractivity contribution < 1.29 is 9.90 Å². The monoisotopic (exact) mass is 221 g/mol. The van der Waals surface area contributed by atoms with E-state index in [0.29, 0.717) is 17.2 Å². The van der Waals surface area contributed by atoms with Crippen LogP contribution in [-0.2, 0) is 6.42 Å². The molecule has 0 aliphatic rings. The lowest BCUT2D eigenvalue weighted by Gasteiger charge is -2.13. The summed E-state index contributed by atoms with van der Waals surface area (Å²) in [6.07, 6.45) is 1.63. The Morgan fingerprint density at radius 2 is 2.12 bits per heavy atom. The number of hydrogen-bond donors (Lipinski definition) is 1. The van der Waals surface area contributed by atoms with Crippen molar-refractivity contribution in [1.29, 1.82) is 0 Å². The van der Waals surface area contributed by atoms with Crippen LogP contribution in [0.3, 0.4) is 0 Å². The number of aryl methyl sites for hydroxylation is 2. The lowest BCUT2D eigenvalue weighted by molar-refractivity contribution is 0.0695. The predicted octanol–water partition coefficient (Wildman–Crippen LogP) is 3.16. The zero-order chi connectivity index (χ0) is 12.3. The standard InChI is InChI=1S/C13H19NO2/c1-5-6-11-10(13(15)16)7-9(4)12(14-11)8(2)3/h7-8H,5-6H2,1-4H3,(H,15,16). The molecule has 88 valence electrons. The molecule has 1 aromatic rings. The summed E-state index contributed by atoms with van der Waals surface area (Å²) >= 11 is 0. The maximum absolute atomic E-state index is 11.1. The molecule has 3 heteroatoms. The number of rotatable bonds is 4. The van der Waals surface area contributed by atoms with E-state index in [4.69, 9.17) is 5.11 Å². The van der Waals surface area contributed by atoms with E-state index in [1.54, 1.807) is 6.07 Å². The van der Waals surface area contributed by atoms with Gasteiger partial charge < -0.3 is 5.11 Å². The Morgan fingerprint density at radius 3 is 2.56 bits per heavy atom. The summed E-state index contributed by atoms with van der Waals surface area (Å²) in [7, 11) is 0. The van der Waals surface area contributed by atoms with Gasteiger partial charge in [0, 0.05) is 5.69 Å². The smallest absolute Gasteiger partial charge is 0.337 e. The van der Waals surface area contributed by atoms with Gasteiger partial charge in [0.15, 0.2) is 0 Å². The Hall–Kier alpha value is -1.38. The molecule has 0 saturated carbocycles. The molecule has 0 aliphatic heterocycles. The molecular weight excluding hydrogens is 202 g/mol. The number of aromatic nitrogens is 1. The molecule has 0 radical (unpaired) electrons. The minimum absolute atomic E-state index is 0.332. The molecule has 3 nitrogen and oxygen atoms in total. The fourth-order valence-corrected chi connectivity index (χ4v) is 1.86. The van der Waals surface area contributed by atoms with E-state index in [2.05, 4.69) is 18.8 Å². The summed E-state index contributed by atoms with van der Waals surface area (Å²) in [5, 5.41) is 9.11. The summed E-state index contributed by atoms with van der Waals surface area (Å²) in [6.45, 7) is 8.10. The highest BCUT2D eigenvalue weighted by Gasteiger charge is 2.15. The molecule has 0 bridgehead atoms. The summed E-state index contributed by atoms with van der Waals surface area (Å²) in [5.74, 6) is -0.548. The second kappa shape index (κ2) is 5.10. The van der Waals surface area contributed by atoms with Gasteiger partial charge in [0.2, 0.25) is 0 Å². The minimum Gasteiger partial charge on any atom is -0.478 e. The van der Waals surface area contributed by atoms with Crippen LogP contribution in [0.5, 0.6) is 0 Å². The maximum atomic E-state index is 11.1. The quantitative estimate of drug-likeness (QED) is 0.849. The number of carbonyl (C=O) groups is 1. The number of pyridine rings is 1. The van der Waals surface area contributed by atoms with Gasteiger partial charge in [-0.1, -0.05) is 27.2 Å². The lowest BCUT2D eigenvalue weighted by atomic mass is 10.00. The maximum Gasteiger partial charge on any atom is 0.337 e. The van der Waals surface area contributed by atoms with Gasteiger partial charge in [0.25, 0.3) is 0 Å². The van der Waals surface area contributed by atoms with Crippen molar-refractivity contribution >= 4 is 5.97 Å². The molecule has 0 amide bonds. The Balaban J connectivity index is 3.31. The first-order chi connectivity index (χ1) is 7.47. The zero-order valence-electron chi connectivity index (χ0n) is 10.4. The third-order valence-electron chi connectivity index (χ3n) is 2.60. The first-order valence-electron chi connectivity index (χ1n) is 5.71. The van der Waals surface area contributed by atoms with Crippen molar-refractivity contribution in [3.05, 3.63) is 28.6 Å². The second-order valence-electron chi connectivity index (χ2n) is 4.39. The highest BCUT2D eigenvalue weighted by Crippen LogP contribution is 2.20. The fourth-order valence-electron chi connectivity index (χ4n) is 1.86. The molecule has 1 heterocycles. The van der Waals surface area contributed by atoms with Crippen molar-refractivity contribution in [1.82, 2.24) is 4.98 Å². The first kappa shape index (κ1) is 12.7. The molecule has 1 rings (SSSR count). The fraction of sp³-hybridized carbons (Fsp3) is 0.538. The Bertz CT molecular complexity index is 397. The number of aromatic carboxylic acids is 1. The molecule has 1 N–H and O–H groups in total. The van der Waals surface area contributed by atoms with Crippen molar-refractivity contribution in [2.75, 3.05) is 0 Å². The van der Waals surface area contributed by atoms with Gasteiger partial charge in [-0.05, 0) is 30.9 Å². The highest BCUT2D eigenvalue weighted by atomic mass is 16.4. The predicted molar refractivity (Wildman–Crippen MR) is 64.0 cm³/mol. The van der Waals surface area contributed by atoms with Crippen molar-refractivity contribution in [3.63, 3.8) is 0 Å². The van der Waals surface area contributed by atoms with E-state index in [0.717, 1.165) is 24.1 Å². The van der Waals surface area contributed by atoms with E-state index < -0.39 is 5.97 Å². The van der Waals surface area contributed by atoms with Crippen molar-refractivity contribution in [2.24, 2.45) is 0 Å². The normalized spacial score (nSPS) is 10.8. The summed E-state index contributed by atoms with van der Waals surface area (Å²) in [4.78, 5) is 15.6. The van der Waals surface area contributed by atoms with Crippen molar-refractivity contribution in [2.45, 2.75) is 46.5 Å². The van der Waals surface area contributed by atoms with Gasteiger partial charge in [-0.2, -0.15) is 0 Å². The largest absolute Gasteiger partial charge is 0.478 e. The first-order valence-corrected chi connectivity index (χ1v) is 5.71. The summed E-state index contributed by atoms with van der Waals surface area (Å²) in [5.41, 5.74) is 3.04. The number of carboxylic acid groups (broad SMARTS) is 1. The average Bonchev–Trinajstić information content (AvgIpc) is 2.19.